The first-order valence-electron chi connectivity index (χ1n) is 6.83. The quantitative estimate of drug-likeness (QED) is 0.854. The van der Waals surface area contributed by atoms with E-state index in [1.807, 2.05) is 12.5 Å². The van der Waals surface area contributed by atoms with Crippen molar-refractivity contribution in [1.82, 2.24) is 14.5 Å². The molecule has 1 aromatic rings. The normalized spacial score (nSPS) is 29.5. The number of hydrogen-bond acceptors (Lipinski definition) is 3. The first-order valence-corrected chi connectivity index (χ1v) is 6.83. The van der Waals surface area contributed by atoms with Crippen molar-refractivity contribution in [3.63, 3.8) is 0 Å². The highest BCUT2D eigenvalue weighted by Crippen LogP contribution is 2.33. The van der Waals surface area contributed by atoms with Gasteiger partial charge in [0.1, 0.15) is 0 Å². The molecule has 2 unspecified atom stereocenters. The van der Waals surface area contributed by atoms with Crippen LogP contribution in [0.15, 0.2) is 12.5 Å². The van der Waals surface area contributed by atoms with Gasteiger partial charge < -0.3 is 15.2 Å². The van der Waals surface area contributed by atoms with Crippen molar-refractivity contribution in [2.24, 2.45) is 5.73 Å². The highest BCUT2D eigenvalue weighted by molar-refractivity contribution is 5.03. The molecule has 4 nitrogen and oxygen atoms in total. The lowest BCUT2D eigenvalue weighted by atomic mass is 9.97. The van der Waals surface area contributed by atoms with Gasteiger partial charge in [0, 0.05) is 36.9 Å². The van der Waals surface area contributed by atoms with Crippen LogP contribution in [-0.2, 0) is 6.42 Å². The second-order valence-electron chi connectivity index (χ2n) is 5.34. The predicted molar refractivity (Wildman–Crippen MR) is 67.9 cm³/mol. The van der Waals surface area contributed by atoms with Crippen molar-refractivity contribution in [3.05, 3.63) is 18.2 Å². The molecule has 0 bridgehead atoms. The van der Waals surface area contributed by atoms with Gasteiger partial charge in [0.25, 0.3) is 0 Å². The number of imidazole rings is 1. The van der Waals surface area contributed by atoms with E-state index in [1.54, 1.807) is 0 Å². The minimum atomic E-state index is 0.651. The molecular weight excluding hydrogens is 212 g/mol. The molecule has 0 spiro atoms. The van der Waals surface area contributed by atoms with E-state index < -0.39 is 0 Å². The SMILES string of the molecule is NCCc1cncn1C1CCN2CCCC2C1. The van der Waals surface area contributed by atoms with Crippen LogP contribution in [0.1, 0.15) is 37.4 Å². The molecule has 0 aromatic carbocycles. The Bertz CT molecular complexity index is 373. The smallest absolute Gasteiger partial charge is 0.0950 e. The Kier molecular flexibility index (Phi) is 3.16. The summed E-state index contributed by atoms with van der Waals surface area (Å²) in [6, 6.07) is 1.47. The van der Waals surface area contributed by atoms with E-state index in [2.05, 4.69) is 14.5 Å². The van der Waals surface area contributed by atoms with Gasteiger partial charge in [-0.25, -0.2) is 4.98 Å². The van der Waals surface area contributed by atoms with E-state index in [4.69, 9.17) is 5.73 Å². The molecule has 3 heterocycles. The van der Waals surface area contributed by atoms with Crippen LogP contribution >= 0.6 is 0 Å². The van der Waals surface area contributed by atoms with Gasteiger partial charge in [-0.3, -0.25) is 0 Å². The summed E-state index contributed by atoms with van der Waals surface area (Å²) >= 11 is 0. The fraction of sp³-hybridized carbons (Fsp3) is 0.769. The summed E-state index contributed by atoms with van der Waals surface area (Å²) in [5.41, 5.74) is 6.96. The lowest BCUT2D eigenvalue weighted by molar-refractivity contribution is 0.154. The van der Waals surface area contributed by atoms with Gasteiger partial charge >= 0.3 is 0 Å². The van der Waals surface area contributed by atoms with Gasteiger partial charge in [-0.1, -0.05) is 0 Å². The van der Waals surface area contributed by atoms with Crippen LogP contribution in [0.4, 0.5) is 0 Å². The Morgan fingerprint density at radius 3 is 3.12 bits per heavy atom. The number of aromatic nitrogens is 2. The molecular formula is C13H22N4. The van der Waals surface area contributed by atoms with Crippen molar-refractivity contribution >= 4 is 0 Å². The summed E-state index contributed by atoms with van der Waals surface area (Å²) in [6.07, 6.45) is 10.3. The second-order valence-corrected chi connectivity index (χ2v) is 5.34. The number of nitrogens with two attached hydrogens (primary N) is 1. The molecule has 4 heteroatoms. The number of rotatable bonds is 3. The largest absolute Gasteiger partial charge is 0.331 e. The zero-order valence-corrected chi connectivity index (χ0v) is 10.4. The second kappa shape index (κ2) is 4.78. The number of piperidine rings is 1. The monoisotopic (exact) mass is 234 g/mol. The minimum Gasteiger partial charge on any atom is -0.331 e. The van der Waals surface area contributed by atoms with E-state index in [9.17, 15) is 0 Å². The van der Waals surface area contributed by atoms with Crippen LogP contribution in [0.2, 0.25) is 0 Å². The first-order chi connectivity index (χ1) is 8.38. The van der Waals surface area contributed by atoms with Crippen molar-refractivity contribution < 1.29 is 0 Å². The Morgan fingerprint density at radius 1 is 1.29 bits per heavy atom. The van der Waals surface area contributed by atoms with E-state index in [-0.39, 0.29) is 0 Å². The Labute approximate surface area is 103 Å². The molecule has 2 aliphatic heterocycles. The molecule has 17 heavy (non-hydrogen) atoms. The molecule has 2 fully saturated rings. The number of nitrogens with zero attached hydrogens (tertiary/aromatic N) is 3. The minimum absolute atomic E-state index is 0.651. The molecule has 2 aliphatic rings. The van der Waals surface area contributed by atoms with Crippen LogP contribution in [0, 0.1) is 0 Å². The molecule has 2 saturated heterocycles. The lowest BCUT2D eigenvalue weighted by Crippen LogP contribution is -2.38. The van der Waals surface area contributed by atoms with Gasteiger partial charge in [-0.2, -0.15) is 0 Å². The fourth-order valence-electron chi connectivity index (χ4n) is 3.46. The Hall–Kier alpha value is -0.870. The summed E-state index contributed by atoms with van der Waals surface area (Å²) in [7, 11) is 0. The van der Waals surface area contributed by atoms with E-state index >= 15 is 0 Å². The van der Waals surface area contributed by atoms with Gasteiger partial charge in [-0.05, 0) is 38.8 Å². The molecule has 2 atom stereocenters. The third-order valence-corrected chi connectivity index (χ3v) is 4.33. The topological polar surface area (TPSA) is 47.1 Å². The summed E-state index contributed by atoms with van der Waals surface area (Å²) < 4.78 is 2.38. The third-order valence-electron chi connectivity index (χ3n) is 4.33. The molecule has 0 radical (unpaired) electrons. The van der Waals surface area contributed by atoms with Crippen molar-refractivity contribution in [2.45, 2.75) is 44.2 Å². The summed E-state index contributed by atoms with van der Waals surface area (Å²) in [5.74, 6) is 0. The molecule has 0 saturated carbocycles. The number of fused-ring (bicyclic) bond motifs is 1. The average Bonchev–Trinajstić information content (AvgIpc) is 2.96. The molecule has 3 rings (SSSR count). The highest BCUT2D eigenvalue weighted by atomic mass is 15.2. The van der Waals surface area contributed by atoms with Gasteiger partial charge in [-0.15, -0.1) is 0 Å². The maximum Gasteiger partial charge on any atom is 0.0950 e. The molecule has 94 valence electrons. The van der Waals surface area contributed by atoms with Crippen molar-refractivity contribution in [3.8, 4) is 0 Å². The van der Waals surface area contributed by atoms with Crippen LogP contribution in [0.5, 0.6) is 0 Å². The highest BCUT2D eigenvalue weighted by Gasteiger charge is 2.32. The summed E-state index contributed by atoms with van der Waals surface area (Å²) in [4.78, 5) is 6.96. The van der Waals surface area contributed by atoms with Crippen LogP contribution in [-0.4, -0.2) is 40.1 Å². The van der Waals surface area contributed by atoms with E-state index in [1.165, 1.54) is 44.5 Å². The summed E-state index contributed by atoms with van der Waals surface area (Å²) in [6.45, 7) is 3.29. The predicted octanol–water partition coefficient (Wildman–Crippen LogP) is 1.18. The molecule has 1 aromatic heterocycles. The fourth-order valence-corrected chi connectivity index (χ4v) is 3.46. The molecule has 0 amide bonds. The maximum absolute atomic E-state index is 5.65. The van der Waals surface area contributed by atoms with Crippen LogP contribution in [0.3, 0.4) is 0 Å². The van der Waals surface area contributed by atoms with E-state index in [0.29, 0.717) is 12.6 Å². The zero-order valence-electron chi connectivity index (χ0n) is 10.4. The van der Waals surface area contributed by atoms with Gasteiger partial charge in [0.15, 0.2) is 0 Å². The van der Waals surface area contributed by atoms with E-state index in [0.717, 1.165) is 12.5 Å². The van der Waals surface area contributed by atoms with Crippen molar-refractivity contribution in [1.29, 1.82) is 0 Å². The van der Waals surface area contributed by atoms with Crippen LogP contribution in [0.25, 0.3) is 0 Å². The van der Waals surface area contributed by atoms with Crippen molar-refractivity contribution in [2.75, 3.05) is 19.6 Å². The number of hydrogen-bond donors (Lipinski definition) is 1. The lowest BCUT2D eigenvalue weighted by Gasteiger charge is -2.36. The third kappa shape index (κ3) is 2.11. The van der Waals surface area contributed by atoms with Crippen LogP contribution < -0.4 is 5.73 Å². The average molecular weight is 234 g/mol. The van der Waals surface area contributed by atoms with Gasteiger partial charge in [0.2, 0.25) is 0 Å². The zero-order chi connectivity index (χ0) is 11.7. The Balaban J connectivity index is 1.73. The standard InChI is InChI=1S/C13H22N4/c14-5-3-13-9-15-10-17(13)12-4-7-16-6-1-2-11(16)8-12/h9-12H,1-8,14H2. The molecule has 0 aliphatic carbocycles. The Morgan fingerprint density at radius 2 is 2.24 bits per heavy atom. The molecule has 2 N–H and O–H groups in total. The van der Waals surface area contributed by atoms with Gasteiger partial charge in [0.05, 0.1) is 6.33 Å². The first kappa shape index (κ1) is 11.2. The maximum atomic E-state index is 5.65. The summed E-state index contributed by atoms with van der Waals surface area (Å²) in [5, 5.41) is 0.